The summed E-state index contributed by atoms with van der Waals surface area (Å²) in [4.78, 5) is 29.8. The number of pyridine rings is 1. The Labute approximate surface area is 134 Å². The van der Waals surface area contributed by atoms with E-state index in [1.807, 2.05) is 4.90 Å². The van der Waals surface area contributed by atoms with Crippen LogP contribution in [0.25, 0.3) is 0 Å². The Balaban J connectivity index is 1.57. The highest BCUT2D eigenvalue weighted by molar-refractivity contribution is 5.94. The fraction of sp³-hybridized carbons (Fsp3) is 0.533. The van der Waals surface area contributed by atoms with Gasteiger partial charge in [0.25, 0.3) is 5.91 Å². The molecule has 0 aliphatic carbocycles. The minimum absolute atomic E-state index is 0.0109. The van der Waals surface area contributed by atoms with E-state index in [0.717, 1.165) is 18.8 Å². The number of ether oxygens (including phenoxy) is 1. The number of amides is 2. The molecular formula is C15H21N5O3. The summed E-state index contributed by atoms with van der Waals surface area (Å²) in [5, 5.41) is 5.57. The number of piperazine rings is 1. The van der Waals surface area contributed by atoms with E-state index in [1.54, 1.807) is 18.3 Å². The maximum absolute atomic E-state index is 12.1. The van der Waals surface area contributed by atoms with Crippen molar-refractivity contribution in [2.24, 2.45) is 5.73 Å². The van der Waals surface area contributed by atoms with Crippen LogP contribution in [0.3, 0.4) is 0 Å². The third-order valence-corrected chi connectivity index (χ3v) is 4.04. The van der Waals surface area contributed by atoms with Crippen molar-refractivity contribution in [1.82, 2.24) is 10.3 Å². The van der Waals surface area contributed by atoms with Crippen LogP contribution in [0.15, 0.2) is 18.3 Å². The second-order valence-corrected chi connectivity index (χ2v) is 5.73. The van der Waals surface area contributed by atoms with Crippen molar-refractivity contribution in [2.45, 2.75) is 25.0 Å². The first-order valence-corrected chi connectivity index (χ1v) is 7.80. The molecule has 4 N–H and O–H groups in total. The standard InChI is InChI=1S/C15H21N5O3/c16-7-11-2-3-12(23-11)15(22)19-10-1-4-13(18-8-10)20-6-5-17-14(21)9-20/h1,4,8,11-12H,2-3,5-7,9,16H2,(H,17,21)(H,19,22)/t11-,12+/m1/s1. The number of rotatable bonds is 4. The average Bonchev–Trinajstić information content (AvgIpc) is 3.05. The monoisotopic (exact) mass is 319 g/mol. The number of hydrogen-bond acceptors (Lipinski definition) is 6. The molecule has 0 radical (unpaired) electrons. The Bertz CT molecular complexity index is 577. The molecule has 1 aromatic heterocycles. The fourth-order valence-electron chi connectivity index (χ4n) is 2.78. The first-order valence-electron chi connectivity index (χ1n) is 7.80. The van der Waals surface area contributed by atoms with Crippen LogP contribution in [0, 0.1) is 0 Å². The van der Waals surface area contributed by atoms with Gasteiger partial charge in [0.2, 0.25) is 5.91 Å². The molecule has 0 bridgehead atoms. The summed E-state index contributed by atoms with van der Waals surface area (Å²) in [6.45, 7) is 2.07. The molecule has 3 heterocycles. The number of anilines is 2. The number of carbonyl (C=O) groups is 2. The van der Waals surface area contributed by atoms with Gasteiger partial charge in [-0.25, -0.2) is 4.98 Å². The molecule has 0 spiro atoms. The molecule has 0 aromatic carbocycles. The van der Waals surface area contributed by atoms with Gasteiger partial charge in [0, 0.05) is 19.6 Å². The first kappa shape index (κ1) is 15.7. The lowest BCUT2D eigenvalue weighted by atomic mass is 10.2. The van der Waals surface area contributed by atoms with Gasteiger partial charge in [-0.05, 0) is 25.0 Å². The van der Waals surface area contributed by atoms with Crippen LogP contribution in [0.5, 0.6) is 0 Å². The van der Waals surface area contributed by atoms with Gasteiger partial charge in [-0.1, -0.05) is 0 Å². The van der Waals surface area contributed by atoms with Gasteiger partial charge in [0.15, 0.2) is 0 Å². The van der Waals surface area contributed by atoms with Crippen LogP contribution in [-0.2, 0) is 14.3 Å². The van der Waals surface area contributed by atoms with Crippen LogP contribution in [0.4, 0.5) is 11.5 Å². The Morgan fingerprint density at radius 2 is 2.35 bits per heavy atom. The minimum atomic E-state index is -0.450. The lowest BCUT2D eigenvalue weighted by Crippen LogP contribution is -2.48. The van der Waals surface area contributed by atoms with E-state index >= 15 is 0 Å². The van der Waals surface area contributed by atoms with Gasteiger partial charge in [-0.3, -0.25) is 9.59 Å². The summed E-state index contributed by atoms with van der Waals surface area (Å²) in [6.07, 6.45) is 2.60. The number of hydrogen-bond donors (Lipinski definition) is 3. The molecule has 2 saturated heterocycles. The van der Waals surface area contributed by atoms with Crippen molar-refractivity contribution in [3.05, 3.63) is 18.3 Å². The van der Waals surface area contributed by atoms with E-state index in [0.29, 0.717) is 31.7 Å². The molecule has 124 valence electrons. The average molecular weight is 319 g/mol. The van der Waals surface area contributed by atoms with Crippen LogP contribution in [0.1, 0.15) is 12.8 Å². The molecule has 3 rings (SSSR count). The SMILES string of the molecule is NC[C@H]1CC[C@@H](C(=O)Nc2ccc(N3CCNC(=O)C3)nc2)O1. The molecule has 23 heavy (non-hydrogen) atoms. The molecule has 0 unspecified atom stereocenters. The van der Waals surface area contributed by atoms with Gasteiger partial charge in [-0.2, -0.15) is 0 Å². The number of nitrogens with one attached hydrogen (secondary N) is 2. The van der Waals surface area contributed by atoms with Crippen molar-refractivity contribution in [2.75, 3.05) is 36.4 Å². The highest BCUT2D eigenvalue weighted by Gasteiger charge is 2.29. The fourth-order valence-corrected chi connectivity index (χ4v) is 2.78. The maximum atomic E-state index is 12.1. The van der Waals surface area contributed by atoms with Crippen molar-refractivity contribution in [3.8, 4) is 0 Å². The van der Waals surface area contributed by atoms with Gasteiger partial charge in [0.1, 0.15) is 11.9 Å². The number of nitrogens with zero attached hydrogens (tertiary/aromatic N) is 2. The topological polar surface area (TPSA) is 110 Å². The lowest BCUT2D eigenvalue weighted by Gasteiger charge is -2.27. The molecule has 2 amide bonds. The summed E-state index contributed by atoms with van der Waals surface area (Å²) < 4.78 is 5.57. The third kappa shape index (κ3) is 3.77. The summed E-state index contributed by atoms with van der Waals surface area (Å²) in [5.41, 5.74) is 6.16. The van der Waals surface area contributed by atoms with Gasteiger partial charge < -0.3 is 26.0 Å². The lowest BCUT2D eigenvalue weighted by molar-refractivity contribution is -0.126. The molecule has 2 atom stereocenters. The molecular weight excluding hydrogens is 298 g/mol. The minimum Gasteiger partial charge on any atom is -0.364 e. The van der Waals surface area contributed by atoms with Gasteiger partial charge in [0.05, 0.1) is 24.5 Å². The second-order valence-electron chi connectivity index (χ2n) is 5.73. The van der Waals surface area contributed by atoms with E-state index < -0.39 is 6.10 Å². The van der Waals surface area contributed by atoms with E-state index in [4.69, 9.17) is 10.5 Å². The van der Waals surface area contributed by atoms with Crippen LogP contribution in [0.2, 0.25) is 0 Å². The zero-order valence-electron chi connectivity index (χ0n) is 12.8. The predicted molar refractivity (Wildman–Crippen MR) is 85.0 cm³/mol. The van der Waals surface area contributed by atoms with Crippen LogP contribution in [-0.4, -0.2) is 55.2 Å². The Morgan fingerprint density at radius 1 is 1.48 bits per heavy atom. The molecule has 2 aliphatic heterocycles. The smallest absolute Gasteiger partial charge is 0.253 e. The van der Waals surface area contributed by atoms with E-state index in [9.17, 15) is 9.59 Å². The highest BCUT2D eigenvalue weighted by atomic mass is 16.5. The molecule has 0 saturated carbocycles. The predicted octanol–water partition coefficient (Wildman–Crippen LogP) is -0.537. The summed E-state index contributed by atoms with van der Waals surface area (Å²) in [5.74, 6) is 0.536. The summed E-state index contributed by atoms with van der Waals surface area (Å²) in [6, 6.07) is 3.58. The molecule has 2 fully saturated rings. The molecule has 8 nitrogen and oxygen atoms in total. The highest BCUT2D eigenvalue weighted by Crippen LogP contribution is 2.21. The molecule has 2 aliphatic rings. The zero-order chi connectivity index (χ0) is 16.2. The maximum Gasteiger partial charge on any atom is 0.253 e. The van der Waals surface area contributed by atoms with Crippen LogP contribution >= 0.6 is 0 Å². The number of nitrogens with two attached hydrogens (primary N) is 1. The first-order chi connectivity index (χ1) is 11.2. The Hall–Kier alpha value is -2.19. The number of carbonyl (C=O) groups excluding carboxylic acids is 2. The van der Waals surface area contributed by atoms with E-state index in [-0.39, 0.29) is 17.9 Å². The van der Waals surface area contributed by atoms with Gasteiger partial charge in [-0.15, -0.1) is 0 Å². The van der Waals surface area contributed by atoms with Crippen LogP contribution < -0.4 is 21.3 Å². The normalized spacial score (nSPS) is 24.4. The summed E-state index contributed by atoms with van der Waals surface area (Å²) in [7, 11) is 0. The summed E-state index contributed by atoms with van der Waals surface area (Å²) >= 11 is 0. The van der Waals surface area contributed by atoms with E-state index in [2.05, 4.69) is 15.6 Å². The largest absolute Gasteiger partial charge is 0.364 e. The quantitative estimate of drug-likeness (QED) is 0.688. The van der Waals surface area contributed by atoms with Gasteiger partial charge >= 0.3 is 0 Å². The van der Waals surface area contributed by atoms with Crippen molar-refractivity contribution < 1.29 is 14.3 Å². The number of aromatic nitrogens is 1. The molecule has 1 aromatic rings. The van der Waals surface area contributed by atoms with Crippen molar-refractivity contribution >= 4 is 23.3 Å². The molecule has 8 heteroatoms. The second kappa shape index (κ2) is 6.93. The third-order valence-electron chi connectivity index (χ3n) is 4.04. The van der Waals surface area contributed by atoms with Crippen molar-refractivity contribution in [1.29, 1.82) is 0 Å². The zero-order valence-corrected chi connectivity index (χ0v) is 12.8. The van der Waals surface area contributed by atoms with Crippen molar-refractivity contribution in [3.63, 3.8) is 0 Å². The Morgan fingerprint density at radius 3 is 3.00 bits per heavy atom. The Kier molecular flexibility index (Phi) is 4.73. The van der Waals surface area contributed by atoms with E-state index in [1.165, 1.54) is 0 Å².